The van der Waals surface area contributed by atoms with Crippen molar-refractivity contribution in [1.82, 2.24) is 9.97 Å². The number of rotatable bonds is 6. The lowest BCUT2D eigenvalue weighted by Gasteiger charge is -2.09. The Morgan fingerprint density at radius 2 is 1.54 bits per heavy atom. The zero-order chi connectivity index (χ0) is 16.9. The van der Waals surface area contributed by atoms with Gasteiger partial charge in [-0.25, -0.2) is 14.8 Å². The van der Waals surface area contributed by atoms with Crippen molar-refractivity contribution in [3.8, 4) is 11.5 Å². The molecule has 0 aliphatic heterocycles. The normalized spacial score (nSPS) is 10.5. The number of aliphatic carboxylic acids is 1. The van der Waals surface area contributed by atoms with Gasteiger partial charge in [-0.2, -0.15) is 0 Å². The topological polar surface area (TPSA) is 81.5 Å². The molecule has 0 spiro atoms. The third-order valence-corrected chi connectivity index (χ3v) is 3.40. The van der Waals surface area contributed by atoms with Gasteiger partial charge in [-0.05, 0) is 43.3 Å². The molecule has 0 bridgehead atoms. The summed E-state index contributed by atoms with van der Waals surface area (Å²) in [6, 6.07) is 14.5. The maximum atomic E-state index is 10.5. The van der Waals surface area contributed by atoms with Crippen molar-refractivity contribution in [1.29, 1.82) is 0 Å². The van der Waals surface area contributed by atoms with E-state index >= 15 is 0 Å². The van der Waals surface area contributed by atoms with Crippen LogP contribution in [0.3, 0.4) is 0 Å². The molecule has 0 radical (unpaired) electrons. The number of nitrogens with zero attached hydrogens (tertiary/aromatic N) is 2. The molecule has 3 rings (SSSR count). The molecule has 6 nitrogen and oxygen atoms in total. The Hall–Kier alpha value is -3.15. The number of carboxylic acid groups (broad SMARTS) is 1. The predicted octanol–water partition coefficient (Wildman–Crippen LogP) is 2.98. The third kappa shape index (κ3) is 3.78. The minimum atomic E-state index is -1.01. The number of ether oxygens (including phenoxy) is 2. The van der Waals surface area contributed by atoms with Gasteiger partial charge in [0.1, 0.15) is 18.1 Å². The number of para-hydroxylation sites is 2. The van der Waals surface area contributed by atoms with Gasteiger partial charge in [-0.3, -0.25) is 0 Å². The lowest BCUT2D eigenvalue weighted by atomic mass is 10.2. The molecule has 0 atom stereocenters. The molecule has 1 heterocycles. The molecule has 0 saturated carbocycles. The fourth-order valence-corrected chi connectivity index (χ4v) is 2.19. The van der Waals surface area contributed by atoms with Crippen LogP contribution in [0.15, 0.2) is 48.5 Å². The molecule has 0 saturated heterocycles. The zero-order valence-corrected chi connectivity index (χ0v) is 13.1. The van der Waals surface area contributed by atoms with Gasteiger partial charge in [-0.1, -0.05) is 12.1 Å². The molecule has 3 aromatic rings. The first kappa shape index (κ1) is 15.7. The van der Waals surface area contributed by atoms with Crippen molar-refractivity contribution in [3.05, 3.63) is 59.9 Å². The molecule has 24 heavy (non-hydrogen) atoms. The fraction of sp³-hybridized carbons (Fsp3) is 0.167. The van der Waals surface area contributed by atoms with Gasteiger partial charge in [0.25, 0.3) is 0 Å². The van der Waals surface area contributed by atoms with Gasteiger partial charge in [-0.15, -0.1) is 0 Å². The molecular weight excluding hydrogens is 308 g/mol. The molecule has 0 unspecified atom stereocenters. The summed E-state index contributed by atoms with van der Waals surface area (Å²) in [5.41, 5.74) is 3.30. The Morgan fingerprint density at radius 1 is 0.958 bits per heavy atom. The largest absolute Gasteiger partial charge is 0.487 e. The van der Waals surface area contributed by atoms with Crippen LogP contribution >= 0.6 is 0 Å². The molecule has 1 aromatic heterocycles. The highest BCUT2D eigenvalue weighted by Crippen LogP contribution is 2.19. The number of hydrogen-bond acceptors (Lipinski definition) is 5. The summed E-state index contributed by atoms with van der Waals surface area (Å²) in [7, 11) is 0. The monoisotopic (exact) mass is 324 g/mol. The van der Waals surface area contributed by atoms with Gasteiger partial charge in [0.2, 0.25) is 0 Å². The van der Waals surface area contributed by atoms with E-state index in [1.165, 1.54) is 0 Å². The summed E-state index contributed by atoms with van der Waals surface area (Å²) in [6.07, 6.45) is 0. The average Bonchev–Trinajstić information content (AvgIpc) is 2.59. The van der Waals surface area contributed by atoms with Gasteiger partial charge in [0, 0.05) is 0 Å². The Labute approximate surface area is 138 Å². The summed E-state index contributed by atoms with van der Waals surface area (Å²) in [5.74, 6) is 0.110. The molecular formula is C18H16N2O4. The van der Waals surface area contributed by atoms with Gasteiger partial charge in [0.05, 0.1) is 22.4 Å². The Bertz CT molecular complexity index is 863. The number of hydrogen-bond donors (Lipinski definition) is 1. The molecule has 0 aliphatic carbocycles. The highest BCUT2D eigenvalue weighted by molar-refractivity contribution is 5.74. The fourth-order valence-electron chi connectivity index (χ4n) is 2.19. The van der Waals surface area contributed by atoms with E-state index in [0.717, 1.165) is 22.4 Å². The van der Waals surface area contributed by atoms with Gasteiger partial charge < -0.3 is 14.6 Å². The standard InChI is InChI=1S/C18H16N2O4/c1-12-17(20-16-5-3-2-4-15(16)19-12)10-23-13-6-8-14(9-7-13)24-11-18(21)22/h2-9H,10-11H2,1H3,(H,21,22). The number of aryl methyl sites for hydroxylation is 1. The number of carbonyl (C=O) groups is 1. The lowest BCUT2D eigenvalue weighted by Crippen LogP contribution is -2.09. The number of aromatic nitrogens is 2. The van der Waals surface area contributed by atoms with Crippen LogP contribution in [0.2, 0.25) is 0 Å². The molecule has 122 valence electrons. The summed E-state index contributed by atoms with van der Waals surface area (Å²) >= 11 is 0. The number of benzene rings is 2. The van der Waals surface area contributed by atoms with Crippen molar-refractivity contribution >= 4 is 17.0 Å². The highest BCUT2D eigenvalue weighted by Gasteiger charge is 2.06. The average molecular weight is 324 g/mol. The Morgan fingerprint density at radius 3 is 2.17 bits per heavy atom. The van der Waals surface area contributed by atoms with Crippen LogP contribution in [0.1, 0.15) is 11.4 Å². The second-order valence-electron chi connectivity index (χ2n) is 5.19. The Kier molecular flexibility index (Phi) is 4.56. The minimum absolute atomic E-state index is 0.305. The first-order valence-corrected chi connectivity index (χ1v) is 7.41. The van der Waals surface area contributed by atoms with Crippen LogP contribution in [0.25, 0.3) is 11.0 Å². The predicted molar refractivity (Wildman–Crippen MR) is 88.2 cm³/mol. The zero-order valence-electron chi connectivity index (χ0n) is 13.1. The molecule has 0 aliphatic rings. The highest BCUT2D eigenvalue weighted by atomic mass is 16.5. The summed E-state index contributed by atoms with van der Waals surface area (Å²) in [4.78, 5) is 19.6. The molecule has 6 heteroatoms. The summed E-state index contributed by atoms with van der Waals surface area (Å²) < 4.78 is 10.8. The van der Waals surface area contributed by atoms with Crippen LogP contribution in [0.4, 0.5) is 0 Å². The maximum Gasteiger partial charge on any atom is 0.341 e. The quantitative estimate of drug-likeness (QED) is 0.750. The molecule has 0 amide bonds. The number of carboxylic acids is 1. The van der Waals surface area contributed by atoms with Crippen LogP contribution in [-0.4, -0.2) is 27.7 Å². The van der Waals surface area contributed by atoms with E-state index in [4.69, 9.17) is 14.6 Å². The third-order valence-electron chi connectivity index (χ3n) is 3.40. The van der Waals surface area contributed by atoms with Crippen molar-refractivity contribution in [2.24, 2.45) is 0 Å². The van der Waals surface area contributed by atoms with Crippen molar-refractivity contribution < 1.29 is 19.4 Å². The van der Waals surface area contributed by atoms with Crippen LogP contribution in [0.5, 0.6) is 11.5 Å². The van der Waals surface area contributed by atoms with E-state index in [9.17, 15) is 4.79 Å². The smallest absolute Gasteiger partial charge is 0.341 e. The molecule has 1 N–H and O–H groups in total. The lowest BCUT2D eigenvalue weighted by molar-refractivity contribution is -0.139. The SMILES string of the molecule is Cc1nc2ccccc2nc1COc1ccc(OCC(=O)O)cc1. The van der Waals surface area contributed by atoms with E-state index in [2.05, 4.69) is 9.97 Å². The summed E-state index contributed by atoms with van der Waals surface area (Å²) in [5, 5.41) is 8.58. The first-order chi connectivity index (χ1) is 11.6. The molecule has 2 aromatic carbocycles. The van der Waals surface area contributed by atoms with Gasteiger partial charge in [0.15, 0.2) is 6.61 Å². The van der Waals surface area contributed by atoms with Crippen LogP contribution in [-0.2, 0) is 11.4 Å². The van der Waals surface area contributed by atoms with Crippen molar-refractivity contribution in [3.63, 3.8) is 0 Å². The summed E-state index contributed by atoms with van der Waals surface area (Å²) in [6.45, 7) is 1.84. The van der Waals surface area contributed by atoms with Gasteiger partial charge >= 0.3 is 5.97 Å². The van der Waals surface area contributed by atoms with Crippen molar-refractivity contribution in [2.75, 3.05) is 6.61 Å². The van der Waals surface area contributed by atoms with E-state index < -0.39 is 5.97 Å². The Balaban J connectivity index is 1.67. The minimum Gasteiger partial charge on any atom is -0.487 e. The van der Waals surface area contributed by atoms with E-state index in [-0.39, 0.29) is 6.61 Å². The van der Waals surface area contributed by atoms with E-state index in [1.54, 1.807) is 24.3 Å². The van der Waals surface area contributed by atoms with E-state index in [1.807, 2.05) is 31.2 Å². The second-order valence-corrected chi connectivity index (χ2v) is 5.19. The van der Waals surface area contributed by atoms with Crippen LogP contribution in [0, 0.1) is 6.92 Å². The van der Waals surface area contributed by atoms with Crippen LogP contribution < -0.4 is 9.47 Å². The molecule has 0 fully saturated rings. The number of fused-ring (bicyclic) bond motifs is 1. The first-order valence-electron chi connectivity index (χ1n) is 7.41. The second kappa shape index (κ2) is 6.95. The van der Waals surface area contributed by atoms with E-state index in [0.29, 0.717) is 18.1 Å². The van der Waals surface area contributed by atoms with Crippen molar-refractivity contribution in [2.45, 2.75) is 13.5 Å². The maximum absolute atomic E-state index is 10.5.